The molecule has 0 fully saturated rings. The second-order valence-corrected chi connectivity index (χ2v) is 4.12. The van der Waals surface area contributed by atoms with E-state index in [4.69, 9.17) is 9.47 Å². The van der Waals surface area contributed by atoms with Gasteiger partial charge in [0.25, 0.3) is 5.88 Å². The van der Waals surface area contributed by atoms with Gasteiger partial charge in [-0.15, -0.1) is 0 Å². The third kappa shape index (κ3) is 3.26. The normalized spacial score (nSPS) is 12.2. The van der Waals surface area contributed by atoms with Crippen LogP contribution in [0.2, 0.25) is 0 Å². The van der Waals surface area contributed by atoms with Crippen LogP contribution in [0.1, 0.15) is 44.3 Å². The Balaban J connectivity index is 2.89. The van der Waals surface area contributed by atoms with E-state index in [-0.39, 0.29) is 17.4 Å². The number of aliphatic hydroxyl groups is 1. The monoisotopic (exact) mass is 255 g/mol. The van der Waals surface area contributed by atoms with E-state index in [0.29, 0.717) is 12.0 Å². The van der Waals surface area contributed by atoms with Gasteiger partial charge in [0.1, 0.15) is 0 Å². The third-order valence-corrected chi connectivity index (χ3v) is 2.84. The zero-order valence-electron chi connectivity index (χ0n) is 11.1. The predicted molar refractivity (Wildman–Crippen MR) is 68.1 cm³/mol. The first kappa shape index (κ1) is 14.6. The van der Waals surface area contributed by atoms with Crippen LogP contribution >= 0.6 is 0 Å². The molecule has 1 aromatic rings. The highest BCUT2D eigenvalue weighted by Gasteiger charge is 2.20. The van der Waals surface area contributed by atoms with Crippen molar-refractivity contribution < 1.29 is 19.7 Å². The fourth-order valence-corrected chi connectivity index (χ4v) is 1.80. The maximum atomic E-state index is 10.0. The summed E-state index contributed by atoms with van der Waals surface area (Å²) in [5, 5.41) is 20.0. The fraction of sp³-hybridized carbons (Fsp3) is 0.615. The Morgan fingerprint density at radius 1 is 1.28 bits per heavy atom. The smallest absolute Gasteiger partial charge is 0.260 e. The summed E-state index contributed by atoms with van der Waals surface area (Å²) in [6, 6.07) is 0. The van der Waals surface area contributed by atoms with Crippen molar-refractivity contribution in [2.45, 2.75) is 38.7 Å². The highest BCUT2D eigenvalue weighted by atomic mass is 16.5. The van der Waals surface area contributed by atoms with Crippen LogP contribution in [0, 0.1) is 0 Å². The second kappa shape index (κ2) is 7.06. The molecule has 2 N–H and O–H groups in total. The molecule has 0 aliphatic carbocycles. The number of rotatable bonds is 7. The average Bonchev–Trinajstić information content (AvgIpc) is 2.38. The Bertz CT molecular complexity index is 381. The van der Waals surface area contributed by atoms with Gasteiger partial charge >= 0.3 is 0 Å². The van der Waals surface area contributed by atoms with E-state index in [1.165, 1.54) is 20.4 Å². The van der Waals surface area contributed by atoms with Crippen molar-refractivity contribution in [2.75, 3.05) is 14.2 Å². The lowest BCUT2D eigenvalue weighted by Crippen LogP contribution is -2.02. The van der Waals surface area contributed by atoms with Gasteiger partial charge in [-0.25, -0.2) is 4.98 Å². The SMILES string of the molecule is CCCCCC(O)c1cnc(OC)c(OC)c1O. The summed E-state index contributed by atoms with van der Waals surface area (Å²) in [6.45, 7) is 2.10. The molecule has 0 aliphatic rings. The topological polar surface area (TPSA) is 71.8 Å². The quantitative estimate of drug-likeness (QED) is 0.732. The van der Waals surface area contributed by atoms with Crippen molar-refractivity contribution in [2.24, 2.45) is 0 Å². The van der Waals surface area contributed by atoms with E-state index >= 15 is 0 Å². The Kier molecular flexibility index (Phi) is 5.71. The van der Waals surface area contributed by atoms with Crippen LogP contribution < -0.4 is 9.47 Å². The number of aromatic hydroxyl groups is 1. The summed E-state index contributed by atoms with van der Waals surface area (Å²) in [6.07, 6.45) is 4.34. The third-order valence-electron chi connectivity index (χ3n) is 2.84. The highest BCUT2D eigenvalue weighted by Crippen LogP contribution is 2.40. The Hall–Kier alpha value is -1.49. The molecule has 0 spiro atoms. The van der Waals surface area contributed by atoms with E-state index in [1.54, 1.807) is 0 Å². The molecule has 0 bridgehead atoms. The largest absolute Gasteiger partial charge is 0.504 e. The summed E-state index contributed by atoms with van der Waals surface area (Å²) in [5.41, 5.74) is 0.378. The first-order chi connectivity index (χ1) is 8.65. The van der Waals surface area contributed by atoms with Gasteiger partial charge in [0.05, 0.1) is 20.3 Å². The predicted octanol–water partition coefficient (Wildman–Crippen LogP) is 2.42. The minimum atomic E-state index is -0.733. The maximum absolute atomic E-state index is 10.0. The Morgan fingerprint density at radius 2 is 2.00 bits per heavy atom. The lowest BCUT2D eigenvalue weighted by molar-refractivity contribution is 0.158. The summed E-state index contributed by atoms with van der Waals surface area (Å²) in [4.78, 5) is 4.01. The van der Waals surface area contributed by atoms with Crippen molar-refractivity contribution in [1.82, 2.24) is 4.98 Å². The molecule has 0 aromatic carbocycles. The van der Waals surface area contributed by atoms with Crippen LogP contribution in [0.3, 0.4) is 0 Å². The average molecular weight is 255 g/mol. The maximum Gasteiger partial charge on any atom is 0.260 e. The number of ether oxygens (including phenoxy) is 2. The molecule has 0 aliphatic heterocycles. The van der Waals surface area contributed by atoms with Crippen molar-refractivity contribution in [3.8, 4) is 17.4 Å². The lowest BCUT2D eigenvalue weighted by atomic mass is 10.0. The molecule has 5 heteroatoms. The highest BCUT2D eigenvalue weighted by molar-refractivity contribution is 5.51. The summed E-state index contributed by atoms with van der Waals surface area (Å²) in [5.74, 6) is 0.261. The minimum Gasteiger partial charge on any atom is -0.504 e. The van der Waals surface area contributed by atoms with Gasteiger partial charge in [-0.1, -0.05) is 26.2 Å². The standard InChI is InChI=1S/C13H21NO4/c1-4-5-6-7-10(15)9-8-14-13(18-3)12(17-2)11(9)16/h8,10,15H,4-7H2,1-3H3,(H,14,16). The number of aliphatic hydroxyl groups excluding tert-OH is 1. The Labute approximate surface area is 107 Å². The number of methoxy groups -OCH3 is 2. The Morgan fingerprint density at radius 3 is 2.56 bits per heavy atom. The van der Waals surface area contributed by atoms with Crippen molar-refractivity contribution in [3.05, 3.63) is 11.8 Å². The lowest BCUT2D eigenvalue weighted by Gasteiger charge is -2.15. The molecule has 1 rings (SSSR count). The van der Waals surface area contributed by atoms with Gasteiger partial charge in [0.15, 0.2) is 5.75 Å². The number of hydrogen-bond donors (Lipinski definition) is 2. The molecule has 18 heavy (non-hydrogen) atoms. The molecule has 5 nitrogen and oxygen atoms in total. The number of aromatic nitrogens is 1. The van der Waals surface area contributed by atoms with E-state index in [2.05, 4.69) is 11.9 Å². The molecule has 102 valence electrons. The number of hydrogen-bond acceptors (Lipinski definition) is 5. The van der Waals surface area contributed by atoms with Gasteiger partial charge < -0.3 is 19.7 Å². The van der Waals surface area contributed by atoms with Gasteiger partial charge in [0.2, 0.25) is 5.75 Å². The van der Waals surface area contributed by atoms with E-state index in [0.717, 1.165) is 19.3 Å². The van der Waals surface area contributed by atoms with Gasteiger partial charge in [-0.3, -0.25) is 0 Å². The van der Waals surface area contributed by atoms with Crippen molar-refractivity contribution in [1.29, 1.82) is 0 Å². The molecule has 0 radical (unpaired) electrons. The summed E-state index contributed by atoms with van der Waals surface area (Å²) >= 11 is 0. The van der Waals surface area contributed by atoms with Crippen LogP contribution in [0.4, 0.5) is 0 Å². The van der Waals surface area contributed by atoms with Gasteiger partial charge in [0, 0.05) is 11.8 Å². The summed E-state index contributed by atoms with van der Waals surface area (Å²) in [7, 11) is 2.87. The first-order valence-corrected chi connectivity index (χ1v) is 6.13. The molecule has 1 atom stereocenters. The van der Waals surface area contributed by atoms with Gasteiger partial charge in [-0.05, 0) is 6.42 Å². The first-order valence-electron chi connectivity index (χ1n) is 6.13. The molecule has 0 saturated heterocycles. The van der Waals surface area contributed by atoms with E-state index < -0.39 is 6.10 Å². The summed E-state index contributed by atoms with van der Waals surface area (Å²) < 4.78 is 10.0. The van der Waals surface area contributed by atoms with Crippen LogP contribution in [0.5, 0.6) is 17.4 Å². The van der Waals surface area contributed by atoms with E-state index in [9.17, 15) is 10.2 Å². The number of unbranched alkanes of at least 4 members (excludes halogenated alkanes) is 2. The molecule has 0 amide bonds. The van der Waals surface area contributed by atoms with E-state index in [1.807, 2.05) is 0 Å². The second-order valence-electron chi connectivity index (χ2n) is 4.12. The van der Waals surface area contributed by atoms with Crippen LogP contribution in [-0.4, -0.2) is 29.4 Å². The van der Waals surface area contributed by atoms with Crippen LogP contribution in [-0.2, 0) is 0 Å². The van der Waals surface area contributed by atoms with Crippen LogP contribution in [0.15, 0.2) is 6.20 Å². The molecule has 0 saturated carbocycles. The zero-order chi connectivity index (χ0) is 13.5. The molecule has 1 aromatic heterocycles. The molecule has 1 heterocycles. The fourth-order valence-electron chi connectivity index (χ4n) is 1.80. The zero-order valence-corrected chi connectivity index (χ0v) is 11.1. The van der Waals surface area contributed by atoms with Crippen molar-refractivity contribution in [3.63, 3.8) is 0 Å². The van der Waals surface area contributed by atoms with Gasteiger partial charge in [-0.2, -0.15) is 0 Å². The number of pyridine rings is 1. The molecule has 1 unspecified atom stereocenters. The minimum absolute atomic E-state index is 0.103. The molecular weight excluding hydrogens is 234 g/mol. The molecular formula is C13H21NO4. The number of nitrogens with zero attached hydrogens (tertiary/aromatic N) is 1. The van der Waals surface area contributed by atoms with Crippen molar-refractivity contribution >= 4 is 0 Å². The van der Waals surface area contributed by atoms with Crippen LogP contribution in [0.25, 0.3) is 0 Å².